The van der Waals surface area contributed by atoms with Crippen molar-refractivity contribution in [3.8, 4) is 0 Å². The summed E-state index contributed by atoms with van der Waals surface area (Å²) in [6.45, 7) is 4.51. The SMILES string of the molecule is CC(C)(c1nccs1)N1C2CCCC1CC(=O)C2. The number of ketones is 1. The third-order valence-corrected chi connectivity index (χ3v) is 5.48. The Balaban J connectivity index is 1.93. The fourth-order valence-electron chi connectivity index (χ4n) is 3.72. The Kier molecular flexibility index (Phi) is 3.02. The number of hydrogen-bond acceptors (Lipinski definition) is 4. The normalized spacial score (nSPS) is 29.6. The Morgan fingerprint density at radius 1 is 1.33 bits per heavy atom. The number of aromatic nitrogens is 1. The van der Waals surface area contributed by atoms with Crippen molar-refractivity contribution in [2.24, 2.45) is 0 Å². The first-order valence-corrected chi connectivity index (χ1v) is 7.67. The van der Waals surface area contributed by atoms with E-state index in [0.717, 1.165) is 25.7 Å². The Labute approximate surface area is 112 Å². The number of nitrogens with zero attached hydrogens (tertiary/aromatic N) is 2. The van der Waals surface area contributed by atoms with E-state index in [1.165, 1.54) is 11.4 Å². The predicted octanol–water partition coefficient (Wildman–Crippen LogP) is 2.96. The van der Waals surface area contributed by atoms with Gasteiger partial charge < -0.3 is 0 Å². The fourth-order valence-corrected chi connectivity index (χ4v) is 4.49. The zero-order valence-electron chi connectivity index (χ0n) is 11.1. The van der Waals surface area contributed by atoms with Crippen LogP contribution in [0.25, 0.3) is 0 Å². The minimum Gasteiger partial charge on any atom is -0.300 e. The van der Waals surface area contributed by atoms with Crippen LogP contribution in [0.1, 0.15) is 51.0 Å². The van der Waals surface area contributed by atoms with Gasteiger partial charge in [0.25, 0.3) is 0 Å². The van der Waals surface area contributed by atoms with Crippen molar-refractivity contribution in [1.29, 1.82) is 0 Å². The average Bonchev–Trinajstić information content (AvgIpc) is 2.81. The number of carbonyl (C=O) groups is 1. The average molecular weight is 264 g/mol. The van der Waals surface area contributed by atoms with E-state index >= 15 is 0 Å². The summed E-state index contributed by atoms with van der Waals surface area (Å²) in [6.07, 6.45) is 6.96. The van der Waals surface area contributed by atoms with Crippen LogP contribution >= 0.6 is 11.3 Å². The van der Waals surface area contributed by atoms with E-state index < -0.39 is 0 Å². The second-order valence-corrected chi connectivity index (χ2v) is 6.88. The Morgan fingerprint density at radius 3 is 2.56 bits per heavy atom. The van der Waals surface area contributed by atoms with E-state index in [0.29, 0.717) is 17.9 Å². The molecule has 4 heteroatoms. The molecule has 2 aliphatic rings. The lowest BCUT2D eigenvalue weighted by molar-refractivity contribution is -0.132. The summed E-state index contributed by atoms with van der Waals surface area (Å²) in [5, 5.41) is 3.22. The maximum atomic E-state index is 11.8. The molecule has 98 valence electrons. The lowest BCUT2D eigenvalue weighted by atomic mass is 9.80. The molecule has 2 atom stereocenters. The summed E-state index contributed by atoms with van der Waals surface area (Å²) in [6, 6.07) is 0.868. The number of rotatable bonds is 2. The molecule has 2 bridgehead atoms. The molecule has 3 heterocycles. The summed E-state index contributed by atoms with van der Waals surface area (Å²) in [5.74, 6) is 0.455. The highest BCUT2D eigenvalue weighted by molar-refractivity contribution is 7.09. The molecule has 1 aromatic heterocycles. The molecule has 0 aliphatic carbocycles. The summed E-state index contributed by atoms with van der Waals surface area (Å²) in [4.78, 5) is 18.9. The molecule has 0 spiro atoms. The summed E-state index contributed by atoms with van der Waals surface area (Å²) in [5.41, 5.74) is -0.0371. The first-order chi connectivity index (χ1) is 8.59. The highest BCUT2D eigenvalue weighted by atomic mass is 32.1. The van der Waals surface area contributed by atoms with Crippen LogP contribution in [-0.2, 0) is 10.3 Å². The van der Waals surface area contributed by atoms with Crippen LogP contribution in [-0.4, -0.2) is 27.8 Å². The van der Waals surface area contributed by atoms with Crippen molar-refractivity contribution in [2.75, 3.05) is 0 Å². The quantitative estimate of drug-likeness (QED) is 0.823. The molecule has 3 nitrogen and oxygen atoms in total. The number of piperidine rings is 2. The first-order valence-electron chi connectivity index (χ1n) is 6.79. The predicted molar refractivity (Wildman–Crippen MR) is 72.6 cm³/mol. The second kappa shape index (κ2) is 4.42. The maximum Gasteiger partial charge on any atom is 0.136 e. The maximum absolute atomic E-state index is 11.8. The first kappa shape index (κ1) is 12.3. The standard InChI is InChI=1S/C14H20N2OS/c1-14(2,13-15-6-7-18-13)16-10-4-3-5-11(16)9-12(17)8-10/h6-7,10-11H,3-5,8-9H2,1-2H3. The molecule has 2 fully saturated rings. The van der Waals surface area contributed by atoms with Gasteiger partial charge in [-0.3, -0.25) is 9.69 Å². The molecule has 0 saturated carbocycles. The lowest BCUT2D eigenvalue weighted by Crippen LogP contribution is -2.59. The van der Waals surface area contributed by atoms with E-state index in [2.05, 4.69) is 23.7 Å². The molecular formula is C14H20N2OS. The molecule has 2 saturated heterocycles. The van der Waals surface area contributed by atoms with Crippen LogP contribution in [0.4, 0.5) is 0 Å². The van der Waals surface area contributed by atoms with E-state index in [4.69, 9.17) is 0 Å². The molecule has 18 heavy (non-hydrogen) atoms. The molecular weight excluding hydrogens is 244 g/mol. The Bertz CT molecular complexity index is 425. The molecule has 0 amide bonds. The highest BCUT2D eigenvalue weighted by Crippen LogP contribution is 2.42. The minimum atomic E-state index is -0.0371. The smallest absolute Gasteiger partial charge is 0.136 e. The van der Waals surface area contributed by atoms with E-state index in [1.54, 1.807) is 11.3 Å². The van der Waals surface area contributed by atoms with Crippen LogP contribution < -0.4 is 0 Å². The molecule has 2 aliphatic heterocycles. The van der Waals surface area contributed by atoms with Crippen molar-refractivity contribution in [1.82, 2.24) is 9.88 Å². The van der Waals surface area contributed by atoms with E-state index in [-0.39, 0.29) is 5.54 Å². The lowest BCUT2D eigenvalue weighted by Gasteiger charge is -2.52. The van der Waals surface area contributed by atoms with E-state index in [1.807, 2.05) is 11.6 Å². The topological polar surface area (TPSA) is 33.2 Å². The van der Waals surface area contributed by atoms with Gasteiger partial charge in [-0.25, -0.2) is 4.98 Å². The summed E-state index contributed by atoms with van der Waals surface area (Å²) < 4.78 is 0. The fraction of sp³-hybridized carbons (Fsp3) is 0.714. The van der Waals surface area contributed by atoms with Crippen molar-refractivity contribution in [3.05, 3.63) is 16.6 Å². The number of Topliss-reactive ketones (excluding diaryl/α,β-unsaturated/α-hetero) is 1. The molecule has 3 rings (SSSR count). The van der Waals surface area contributed by atoms with Gasteiger partial charge in [-0.15, -0.1) is 11.3 Å². The van der Waals surface area contributed by atoms with Gasteiger partial charge in [-0.1, -0.05) is 6.42 Å². The highest BCUT2D eigenvalue weighted by Gasteiger charge is 2.46. The van der Waals surface area contributed by atoms with Crippen LogP contribution in [0.5, 0.6) is 0 Å². The third-order valence-electron chi connectivity index (χ3n) is 4.39. The van der Waals surface area contributed by atoms with Gasteiger partial charge in [0.15, 0.2) is 0 Å². The van der Waals surface area contributed by atoms with Gasteiger partial charge in [-0.2, -0.15) is 0 Å². The summed E-state index contributed by atoms with van der Waals surface area (Å²) in [7, 11) is 0. The molecule has 0 N–H and O–H groups in total. The van der Waals surface area contributed by atoms with Gasteiger partial charge in [0, 0.05) is 36.5 Å². The van der Waals surface area contributed by atoms with Gasteiger partial charge in [-0.05, 0) is 26.7 Å². The second-order valence-electron chi connectivity index (χ2n) is 5.99. The zero-order valence-corrected chi connectivity index (χ0v) is 11.9. The monoisotopic (exact) mass is 264 g/mol. The number of hydrogen-bond donors (Lipinski definition) is 0. The van der Waals surface area contributed by atoms with Crippen LogP contribution in [0, 0.1) is 0 Å². The van der Waals surface area contributed by atoms with Crippen LogP contribution in [0.2, 0.25) is 0 Å². The van der Waals surface area contributed by atoms with E-state index in [9.17, 15) is 4.79 Å². The molecule has 0 radical (unpaired) electrons. The van der Waals surface area contributed by atoms with Gasteiger partial charge in [0.2, 0.25) is 0 Å². The summed E-state index contributed by atoms with van der Waals surface area (Å²) >= 11 is 1.73. The van der Waals surface area contributed by atoms with Crippen molar-refractivity contribution < 1.29 is 4.79 Å². The number of fused-ring (bicyclic) bond motifs is 2. The molecule has 2 unspecified atom stereocenters. The number of carbonyl (C=O) groups excluding carboxylic acids is 1. The van der Waals surface area contributed by atoms with Crippen LogP contribution in [0.15, 0.2) is 11.6 Å². The van der Waals surface area contributed by atoms with Crippen molar-refractivity contribution in [3.63, 3.8) is 0 Å². The molecule has 0 aromatic carbocycles. The number of thiazole rings is 1. The molecule has 1 aromatic rings. The Morgan fingerprint density at radius 2 is 2.00 bits per heavy atom. The largest absolute Gasteiger partial charge is 0.300 e. The van der Waals surface area contributed by atoms with Crippen molar-refractivity contribution >= 4 is 17.1 Å². The van der Waals surface area contributed by atoms with Crippen LogP contribution in [0.3, 0.4) is 0 Å². The van der Waals surface area contributed by atoms with Crippen molar-refractivity contribution in [2.45, 2.75) is 63.6 Å². The Hall–Kier alpha value is -0.740. The third kappa shape index (κ3) is 1.91. The minimum absolute atomic E-state index is 0.0371. The zero-order chi connectivity index (χ0) is 12.8. The van der Waals surface area contributed by atoms with Gasteiger partial charge in [0.1, 0.15) is 10.8 Å². The van der Waals surface area contributed by atoms with Gasteiger partial charge in [0.05, 0.1) is 5.54 Å². The van der Waals surface area contributed by atoms with Gasteiger partial charge >= 0.3 is 0 Å².